The average Bonchev–Trinajstić information content (AvgIpc) is 3.35. The van der Waals surface area contributed by atoms with Crippen LogP contribution in [0.2, 0.25) is 0 Å². The number of hydrogen-bond donors (Lipinski definition) is 1. The molecule has 0 radical (unpaired) electrons. The van der Waals surface area contributed by atoms with E-state index < -0.39 is 0 Å². The summed E-state index contributed by atoms with van der Waals surface area (Å²) < 4.78 is 1.82. The lowest BCUT2D eigenvalue weighted by Gasteiger charge is -2.34. The lowest BCUT2D eigenvalue weighted by molar-refractivity contribution is 0.414. The minimum Gasteiger partial charge on any atom is -0.355 e. The maximum Gasteiger partial charge on any atom is 0.151 e. The normalized spacial score (nSPS) is 21.5. The molecule has 0 aromatic carbocycles. The third-order valence-corrected chi connectivity index (χ3v) is 7.46. The molecule has 10 heteroatoms. The van der Waals surface area contributed by atoms with E-state index in [2.05, 4.69) is 59.7 Å². The molecule has 0 bridgehead atoms. The van der Waals surface area contributed by atoms with Crippen LogP contribution >= 0.6 is 0 Å². The Morgan fingerprint density at radius 2 is 1.77 bits per heavy atom. The van der Waals surface area contributed by atoms with E-state index in [9.17, 15) is 0 Å². The fourth-order valence-electron chi connectivity index (χ4n) is 5.03. The van der Waals surface area contributed by atoms with E-state index in [1.807, 2.05) is 17.1 Å². The van der Waals surface area contributed by atoms with E-state index in [1.54, 1.807) is 6.20 Å². The Hall–Kier alpha value is -3.14. The number of nitrogens with one attached hydrogen (secondary N) is 1. The molecule has 35 heavy (non-hydrogen) atoms. The summed E-state index contributed by atoms with van der Waals surface area (Å²) in [5, 5.41) is 21.6. The van der Waals surface area contributed by atoms with Crippen LogP contribution in [0.4, 0.5) is 11.6 Å². The fraction of sp³-hybridized carbons (Fsp3) is 0.600. The highest BCUT2D eigenvalue weighted by atomic mass is 15.4. The third-order valence-electron chi connectivity index (χ3n) is 7.46. The second kappa shape index (κ2) is 9.85. The van der Waals surface area contributed by atoms with Crippen molar-refractivity contribution in [2.75, 3.05) is 42.5 Å². The number of piperidine rings is 1. The van der Waals surface area contributed by atoms with Gasteiger partial charge in [-0.2, -0.15) is 5.10 Å². The molecule has 1 saturated carbocycles. The molecule has 3 aromatic rings. The summed E-state index contributed by atoms with van der Waals surface area (Å²) in [7, 11) is 0. The molecule has 1 aliphatic carbocycles. The van der Waals surface area contributed by atoms with Crippen molar-refractivity contribution < 1.29 is 0 Å². The first-order valence-corrected chi connectivity index (χ1v) is 13.0. The molecule has 2 saturated heterocycles. The van der Waals surface area contributed by atoms with Gasteiger partial charge >= 0.3 is 0 Å². The Labute approximate surface area is 206 Å². The van der Waals surface area contributed by atoms with Crippen LogP contribution in [0.1, 0.15) is 57.2 Å². The summed E-state index contributed by atoms with van der Waals surface area (Å²) in [6.45, 7) is 7.33. The maximum absolute atomic E-state index is 4.77. The van der Waals surface area contributed by atoms with Crippen LogP contribution in [-0.4, -0.2) is 73.9 Å². The lowest BCUT2D eigenvalue weighted by atomic mass is 10.1. The highest BCUT2D eigenvalue weighted by molar-refractivity contribution is 5.54. The van der Waals surface area contributed by atoms with Crippen molar-refractivity contribution in [2.45, 2.75) is 57.5 Å². The number of nitrogens with zero attached hydrogens (tertiary/aromatic N) is 9. The van der Waals surface area contributed by atoms with Crippen molar-refractivity contribution in [3.8, 4) is 11.4 Å². The Kier molecular flexibility index (Phi) is 6.28. The highest BCUT2D eigenvalue weighted by Gasteiger charge is 2.25. The van der Waals surface area contributed by atoms with Gasteiger partial charge in [0.2, 0.25) is 0 Å². The van der Waals surface area contributed by atoms with Crippen molar-refractivity contribution in [1.82, 2.24) is 40.5 Å². The van der Waals surface area contributed by atoms with E-state index in [1.165, 1.54) is 38.5 Å². The van der Waals surface area contributed by atoms with E-state index in [0.29, 0.717) is 11.7 Å². The Bertz CT molecular complexity index is 1120. The first kappa shape index (κ1) is 22.3. The highest BCUT2D eigenvalue weighted by Crippen LogP contribution is 2.28. The van der Waals surface area contributed by atoms with Gasteiger partial charge in [0.25, 0.3) is 0 Å². The first-order chi connectivity index (χ1) is 17.2. The second-order valence-electron chi connectivity index (χ2n) is 10.2. The van der Waals surface area contributed by atoms with Crippen LogP contribution in [0.3, 0.4) is 0 Å². The van der Waals surface area contributed by atoms with Crippen molar-refractivity contribution >= 4 is 11.6 Å². The van der Waals surface area contributed by atoms with E-state index in [-0.39, 0.29) is 6.04 Å². The molecule has 3 fully saturated rings. The molecular weight excluding hydrogens is 440 g/mol. The summed E-state index contributed by atoms with van der Waals surface area (Å²) in [4.78, 5) is 13.8. The molecule has 5 heterocycles. The monoisotopic (exact) mass is 474 g/mol. The summed E-state index contributed by atoms with van der Waals surface area (Å²) in [6, 6.07) is 4.61. The first-order valence-electron chi connectivity index (χ1n) is 13.0. The molecule has 6 rings (SSSR count). The van der Waals surface area contributed by atoms with Crippen LogP contribution in [0.25, 0.3) is 11.4 Å². The molecule has 2 aliphatic heterocycles. The second-order valence-corrected chi connectivity index (χ2v) is 10.2. The van der Waals surface area contributed by atoms with Crippen LogP contribution in [0, 0.1) is 5.92 Å². The number of anilines is 2. The number of hydrogen-bond acceptors (Lipinski definition) is 9. The molecule has 2 unspecified atom stereocenters. The number of rotatable bonds is 8. The Morgan fingerprint density at radius 1 is 0.914 bits per heavy atom. The van der Waals surface area contributed by atoms with Crippen LogP contribution in [0.5, 0.6) is 0 Å². The van der Waals surface area contributed by atoms with Gasteiger partial charge in [0.1, 0.15) is 17.2 Å². The lowest BCUT2D eigenvalue weighted by Crippen LogP contribution is -2.46. The predicted octanol–water partition coefficient (Wildman–Crippen LogP) is 2.70. The minimum atomic E-state index is -0.0816. The SMILES string of the molecule is CC(c1ccc(N2CCCC(NCC3CC3)C2)nn1)n1cc(-c2cncc(N3CCCC3)n2)nn1. The standard InChI is InChI=1S/C25H34N10/c1-18(35-17-23(30-32-35)22-14-26-15-25(28-22)33-10-2-3-11-33)21-8-9-24(31-29-21)34-12-4-5-20(16-34)27-13-19-6-7-19/h8-9,14-15,17-20,27H,2-7,10-13,16H2,1H3. The molecular formula is C25H34N10. The smallest absolute Gasteiger partial charge is 0.151 e. The Balaban J connectivity index is 1.11. The molecule has 3 aliphatic rings. The molecule has 10 nitrogen and oxygen atoms in total. The minimum absolute atomic E-state index is 0.0816. The average molecular weight is 475 g/mol. The topological polar surface area (TPSA) is 101 Å². The molecule has 1 N–H and O–H groups in total. The van der Waals surface area contributed by atoms with Gasteiger partial charge < -0.3 is 15.1 Å². The Morgan fingerprint density at radius 3 is 2.57 bits per heavy atom. The molecule has 184 valence electrons. The largest absolute Gasteiger partial charge is 0.355 e. The van der Waals surface area contributed by atoms with Gasteiger partial charge in [0.15, 0.2) is 5.82 Å². The van der Waals surface area contributed by atoms with Gasteiger partial charge in [-0.3, -0.25) is 4.98 Å². The third kappa shape index (κ3) is 5.12. The van der Waals surface area contributed by atoms with Crippen molar-refractivity contribution in [3.05, 3.63) is 36.4 Å². The van der Waals surface area contributed by atoms with Gasteiger partial charge in [-0.25, -0.2) is 9.67 Å². The van der Waals surface area contributed by atoms with Crippen molar-refractivity contribution in [2.24, 2.45) is 5.92 Å². The van der Waals surface area contributed by atoms with Crippen molar-refractivity contribution in [3.63, 3.8) is 0 Å². The van der Waals surface area contributed by atoms with Crippen LogP contribution in [0.15, 0.2) is 30.7 Å². The van der Waals surface area contributed by atoms with Gasteiger partial charge in [0.05, 0.1) is 30.3 Å². The molecule has 0 amide bonds. The van der Waals surface area contributed by atoms with E-state index in [4.69, 9.17) is 4.98 Å². The molecule has 0 spiro atoms. The number of aromatic nitrogens is 7. The van der Waals surface area contributed by atoms with Crippen molar-refractivity contribution in [1.29, 1.82) is 0 Å². The zero-order valence-electron chi connectivity index (χ0n) is 20.4. The fourth-order valence-corrected chi connectivity index (χ4v) is 5.03. The zero-order valence-corrected chi connectivity index (χ0v) is 20.4. The van der Waals surface area contributed by atoms with Gasteiger partial charge in [0, 0.05) is 32.2 Å². The van der Waals surface area contributed by atoms with Gasteiger partial charge in [-0.05, 0) is 70.0 Å². The van der Waals surface area contributed by atoms with Gasteiger partial charge in [-0.15, -0.1) is 10.2 Å². The molecule has 3 aromatic heterocycles. The van der Waals surface area contributed by atoms with Crippen LogP contribution < -0.4 is 15.1 Å². The molecule has 2 atom stereocenters. The van der Waals surface area contributed by atoms with E-state index in [0.717, 1.165) is 61.7 Å². The van der Waals surface area contributed by atoms with E-state index >= 15 is 0 Å². The van der Waals surface area contributed by atoms with Crippen LogP contribution in [-0.2, 0) is 0 Å². The zero-order chi connectivity index (χ0) is 23.6. The quantitative estimate of drug-likeness (QED) is 0.528. The summed E-state index contributed by atoms with van der Waals surface area (Å²) in [6.07, 6.45) is 13.1. The predicted molar refractivity (Wildman–Crippen MR) is 134 cm³/mol. The maximum atomic E-state index is 4.77. The summed E-state index contributed by atoms with van der Waals surface area (Å²) >= 11 is 0. The summed E-state index contributed by atoms with van der Waals surface area (Å²) in [5.74, 6) is 2.77. The van der Waals surface area contributed by atoms with Gasteiger partial charge in [-0.1, -0.05) is 5.21 Å². The summed E-state index contributed by atoms with van der Waals surface area (Å²) in [5.41, 5.74) is 2.32.